The Balaban J connectivity index is 2.55. The first kappa shape index (κ1) is 15.1. The average Bonchev–Trinajstić information content (AvgIpc) is 2.32. The maximum Gasteiger partial charge on any atom is 0.387 e. The molecule has 1 aromatic rings. The summed E-state index contributed by atoms with van der Waals surface area (Å²) < 4.78 is 41.0. The molecule has 106 valence electrons. The molecule has 19 heavy (non-hydrogen) atoms. The molecule has 8 heteroatoms. The Kier molecular flexibility index (Phi) is 5.94. The number of benzene rings is 1. The van der Waals surface area contributed by atoms with Gasteiger partial charge in [0, 0.05) is 24.9 Å². The number of ether oxygens (including phenoxy) is 1. The van der Waals surface area contributed by atoms with E-state index in [-0.39, 0.29) is 18.8 Å². The largest absolute Gasteiger partial charge is 0.432 e. The van der Waals surface area contributed by atoms with Gasteiger partial charge in [0.15, 0.2) is 11.6 Å². The van der Waals surface area contributed by atoms with Gasteiger partial charge in [-0.25, -0.2) is 9.18 Å². The number of rotatable bonds is 6. The fourth-order valence-electron chi connectivity index (χ4n) is 1.23. The molecule has 0 heterocycles. The topological polar surface area (TPSA) is 70.6 Å². The van der Waals surface area contributed by atoms with Crippen molar-refractivity contribution in [3.63, 3.8) is 0 Å². The summed E-state index contributed by atoms with van der Waals surface area (Å²) in [4.78, 5) is 11.3. The summed E-state index contributed by atoms with van der Waals surface area (Å²) in [6, 6.07) is 2.50. The lowest BCUT2D eigenvalue weighted by Crippen LogP contribution is -2.29. The molecular weight excluding hydrogens is 265 g/mol. The van der Waals surface area contributed by atoms with Gasteiger partial charge in [0.25, 0.3) is 0 Å². The number of urea groups is 1. The third-order valence-corrected chi connectivity index (χ3v) is 2.03. The van der Waals surface area contributed by atoms with Crippen LogP contribution in [0.25, 0.3) is 0 Å². The van der Waals surface area contributed by atoms with Gasteiger partial charge in [-0.3, -0.25) is 0 Å². The van der Waals surface area contributed by atoms with Crippen LogP contribution < -0.4 is 15.4 Å². The minimum atomic E-state index is -3.12. The van der Waals surface area contributed by atoms with Crippen LogP contribution in [0.2, 0.25) is 0 Å². The first-order valence-corrected chi connectivity index (χ1v) is 5.43. The lowest BCUT2D eigenvalue weighted by atomic mass is 10.3. The molecule has 0 unspecified atom stereocenters. The Bertz CT molecular complexity index is 430. The van der Waals surface area contributed by atoms with Gasteiger partial charge in [0.05, 0.1) is 0 Å². The van der Waals surface area contributed by atoms with E-state index in [0.29, 0.717) is 6.42 Å². The van der Waals surface area contributed by atoms with Crippen LogP contribution in [0, 0.1) is 5.82 Å². The van der Waals surface area contributed by atoms with Crippen molar-refractivity contribution in [1.82, 2.24) is 5.32 Å². The van der Waals surface area contributed by atoms with Gasteiger partial charge in [0.2, 0.25) is 0 Å². The Morgan fingerprint density at radius 2 is 2.16 bits per heavy atom. The molecule has 0 saturated carbocycles. The van der Waals surface area contributed by atoms with Gasteiger partial charge in [-0.05, 0) is 18.6 Å². The van der Waals surface area contributed by atoms with Crippen LogP contribution >= 0.6 is 0 Å². The van der Waals surface area contributed by atoms with Crippen molar-refractivity contribution in [3.05, 3.63) is 24.0 Å². The van der Waals surface area contributed by atoms with Crippen LogP contribution in [-0.2, 0) is 0 Å². The number of nitrogens with one attached hydrogen (secondary N) is 2. The third kappa shape index (κ3) is 5.47. The van der Waals surface area contributed by atoms with Gasteiger partial charge < -0.3 is 20.5 Å². The highest BCUT2D eigenvalue weighted by molar-refractivity contribution is 5.89. The summed E-state index contributed by atoms with van der Waals surface area (Å²) >= 11 is 0. The van der Waals surface area contributed by atoms with Crippen LogP contribution in [0.15, 0.2) is 18.2 Å². The van der Waals surface area contributed by atoms with Gasteiger partial charge in [-0.2, -0.15) is 8.78 Å². The van der Waals surface area contributed by atoms with E-state index in [2.05, 4.69) is 15.4 Å². The molecule has 5 nitrogen and oxygen atoms in total. The highest BCUT2D eigenvalue weighted by atomic mass is 19.3. The third-order valence-electron chi connectivity index (χ3n) is 2.03. The second-order valence-electron chi connectivity index (χ2n) is 3.48. The zero-order chi connectivity index (χ0) is 14.3. The van der Waals surface area contributed by atoms with E-state index in [9.17, 15) is 18.0 Å². The molecule has 1 aromatic carbocycles. The molecular formula is C11H13F3N2O3. The van der Waals surface area contributed by atoms with Crippen LogP contribution in [-0.4, -0.2) is 30.9 Å². The highest BCUT2D eigenvalue weighted by Gasteiger charge is 2.11. The van der Waals surface area contributed by atoms with E-state index in [1.54, 1.807) is 0 Å². The van der Waals surface area contributed by atoms with Crippen LogP contribution in [0.4, 0.5) is 23.7 Å². The molecule has 0 fully saturated rings. The van der Waals surface area contributed by atoms with Crippen molar-refractivity contribution in [3.8, 4) is 5.75 Å². The minimum Gasteiger partial charge on any atom is -0.432 e. The molecule has 0 aliphatic carbocycles. The quantitative estimate of drug-likeness (QED) is 0.696. The van der Waals surface area contributed by atoms with Gasteiger partial charge in [-0.1, -0.05) is 0 Å². The van der Waals surface area contributed by atoms with Crippen molar-refractivity contribution in [2.24, 2.45) is 0 Å². The molecule has 0 saturated heterocycles. The number of carbonyl (C=O) groups is 1. The molecule has 1 rings (SSSR count). The van der Waals surface area contributed by atoms with Crippen LogP contribution in [0.3, 0.4) is 0 Å². The van der Waals surface area contributed by atoms with E-state index in [1.807, 2.05) is 0 Å². The standard InChI is InChI=1S/C11H13F3N2O3/c12-8-6-7(2-3-9(8)19-10(13)14)16-11(18)15-4-1-5-17/h2-3,6,10,17H,1,4-5H2,(H2,15,16,18). The Morgan fingerprint density at radius 3 is 2.74 bits per heavy atom. The van der Waals surface area contributed by atoms with E-state index in [4.69, 9.17) is 5.11 Å². The number of alkyl halides is 2. The fourth-order valence-corrected chi connectivity index (χ4v) is 1.23. The minimum absolute atomic E-state index is 0.0609. The summed E-state index contributed by atoms with van der Waals surface area (Å²) in [6.45, 7) is -2.92. The molecule has 0 bridgehead atoms. The van der Waals surface area contributed by atoms with E-state index >= 15 is 0 Å². The van der Waals surface area contributed by atoms with Gasteiger partial charge in [0.1, 0.15) is 0 Å². The number of halogens is 3. The normalized spacial score (nSPS) is 10.4. The van der Waals surface area contributed by atoms with Gasteiger partial charge in [-0.15, -0.1) is 0 Å². The number of aliphatic hydroxyl groups is 1. The second kappa shape index (κ2) is 7.47. The highest BCUT2D eigenvalue weighted by Crippen LogP contribution is 2.22. The molecule has 2 amide bonds. The zero-order valence-electron chi connectivity index (χ0n) is 9.83. The Labute approximate surface area is 107 Å². The van der Waals surface area contributed by atoms with Crippen molar-refractivity contribution in [1.29, 1.82) is 0 Å². The SMILES string of the molecule is O=C(NCCCO)Nc1ccc(OC(F)F)c(F)c1. The molecule has 3 N–H and O–H groups in total. The fraction of sp³-hybridized carbons (Fsp3) is 0.364. The van der Waals surface area contributed by atoms with Gasteiger partial charge >= 0.3 is 12.6 Å². The van der Waals surface area contributed by atoms with Crippen molar-refractivity contribution in [2.45, 2.75) is 13.0 Å². The zero-order valence-corrected chi connectivity index (χ0v) is 9.83. The summed E-state index contributed by atoms with van der Waals surface area (Å²) in [5.41, 5.74) is 0.0978. The number of hydrogen-bond acceptors (Lipinski definition) is 3. The van der Waals surface area contributed by atoms with Crippen molar-refractivity contribution in [2.75, 3.05) is 18.5 Å². The predicted molar refractivity (Wildman–Crippen MR) is 61.8 cm³/mol. The lowest BCUT2D eigenvalue weighted by Gasteiger charge is -2.09. The first-order chi connectivity index (χ1) is 9.02. The van der Waals surface area contributed by atoms with Crippen LogP contribution in [0.5, 0.6) is 5.75 Å². The molecule has 0 aromatic heterocycles. The van der Waals surface area contributed by atoms with Crippen molar-refractivity contribution < 1.29 is 27.8 Å². The number of anilines is 1. The maximum atomic E-state index is 13.3. The lowest BCUT2D eigenvalue weighted by molar-refractivity contribution is -0.0521. The predicted octanol–water partition coefficient (Wildman–Crippen LogP) is 1.93. The Hall–Kier alpha value is -1.96. The number of aliphatic hydroxyl groups excluding tert-OH is 1. The molecule has 0 spiro atoms. The summed E-state index contributed by atoms with van der Waals surface area (Å²) in [7, 11) is 0. The molecule has 0 aliphatic rings. The number of amides is 2. The monoisotopic (exact) mass is 278 g/mol. The van der Waals surface area contributed by atoms with E-state index in [1.165, 1.54) is 6.07 Å². The van der Waals surface area contributed by atoms with E-state index in [0.717, 1.165) is 12.1 Å². The number of carbonyl (C=O) groups excluding carboxylic acids is 1. The molecule has 0 radical (unpaired) electrons. The smallest absolute Gasteiger partial charge is 0.387 e. The van der Waals surface area contributed by atoms with Crippen molar-refractivity contribution >= 4 is 11.7 Å². The average molecular weight is 278 g/mol. The second-order valence-corrected chi connectivity index (χ2v) is 3.48. The molecule has 0 aliphatic heterocycles. The first-order valence-electron chi connectivity index (χ1n) is 5.43. The van der Waals surface area contributed by atoms with Crippen LogP contribution in [0.1, 0.15) is 6.42 Å². The summed E-state index contributed by atoms with van der Waals surface area (Å²) in [5.74, 6) is -1.60. The number of hydrogen-bond donors (Lipinski definition) is 3. The summed E-state index contributed by atoms with van der Waals surface area (Å²) in [5, 5.41) is 13.2. The maximum absolute atomic E-state index is 13.3. The molecule has 0 atom stereocenters. The van der Waals surface area contributed by atoms with E-state index < -0.39 is 24.2 Å². The Morgan fingerprint density at radius 1 is 1.42 bits per heavy atom. The summed E-state index contributed by atoms with van der Waals surface area (Å²) in [6.07, 6.45) is 0.392.